The minimum atomic E-state index is -0.340. The first kappa shape index (κ1) is 11.9. The number of ether oxygens (including phenoxy) is 2. The van der Waals surface area contributed by atoms with Gasteiger partial charge in [0.15, 0.2) is 0 Å². The van der Waals surface area contributed by atoms with Gasteiger partial charge in [-0.25, -0.2) is 0 Å². The van der Waals surface area contributed by atoms with Crippen LogP contribution in [0.2, 0.25) is 0 Å². The van der Waals surface area contributed by atoms with Crippen molar-refractivity contribution in [3.8, 4) is 0 Å². The second kappa shape index (κ2) is 7.53. The zero-order valence-corrected chi connectivity index (χ0v) is 8.25. The summed E-state index contributed by atoms with van der Waals surface area (Å²) in [4.78, 5) is 0. The maximum absolute atomic E-state index is 9.33. The smallest absolute Gasteiger partial charge is 0.0796 e. The Morgan fingerprint density at radius 2 is 1.92 bits per heavy atom. The molecule has 0 fully saturated rings. The summed E-state index contributed by atoms with van der Waals surface area (Å²) >= 11 is 0. The van der Waals surface area contributed by atoms with Gasteiger partial charge < -0.3 is 14.6 Å². The summed E-state index contributed by atoms with van der Waals surface area (Å²) in [7, 11) is 1.67. The van der Waals surface area contributed by atoms with E-state index >= 15 is 0 Å². The van der Waals surface area contributed by atoms with Crippen molar-refractivity contribution in [3.63, 3.8) is 0 Å². The van der Waals surface area contributed by atoms with Crippen molar-refractivity contribution in [2.45, 2.75) is 26.4 Å². The van der Waals surface area contributed by atoms with Gasteiger partial charge >= 0.3 is 0 Å². The van der Waals surface area contributed by atoms with E-state index in [0.29, 0.717) is 13.2 Å². The van der Waals surface area contributed by atoms with Gasteiger partial charge in [0.1, 0.15) is 0 Å². The molecule has 3 nitrogen and oxygen atoms in total. The molecule has 0 aromatic carbocycles. The van der Waals surface area contributed by atoms with Crippen LogP contribution in [0.15, 0.2) is 0 Å². The summed E-state index contributed by atoms with van der Waals surface area (Å²) < 4.78 is 10.1. The molecule has 3 heteroatoms. The second-order valence-electron chi connectivity index (χ2n) is 3.23. The molecule has 0 rings (SSSR count). The summed E-state index contributed by atoms with van der Waals surface area (Å²) in [5, 5.41) is 9.33. The van der Waals surface area contributed by atoms with Gasteiger partial charge in [-0.15, -0.1) is 0 Å². The Labute approximate surface area is 74.7 Å². The SMILES string of the molecule is COCCCOCC(O)C(C)C. The zero-order chi connectivity index (χ0) is 9.40. The van der Waals surface area contributed by atoms with E-state index in [2.05, 4.69) is 0 Å². The van der Waals surface area contributed by atoms with Crippen LogP contribution in [0, 0.1) is 5.92 Å². The normalized spacial score (nSPS) is 13.8. The van der Waals surface area contributed by atoms with Crippen LogP contribution in [-0.4, -0.2) is 38.1 Å². The van der Waals surface area contributed by atoms with E-state index in [1.807, 2.05) is 13.8 Å². The third kappa shape index (κ3) is 6.58. The molecule has 1 atom stereocenters. The van der Waals surface area contributed by atoms with Crippen molar-refractivity contribution >= 4 is 0 Å². The lowest BCUT2D eigenvalue weighted by Crippen LogP contribution is -2.21. The molecule has 0 saturated carbocycles. The van der Waals surface area contributed by atoms with Crippen molar-refractivity contribution in [1.82, 2.24) is 0 Å². The molecule has 0 heterocycles. The lowest BCUT2D eigenvalue weighted by atomic mass is 10.1. The minimum absolute atomic E-state index is 0.271. The molecule has 0 radical (unpaired) electrons. The summed E-state index contributed by atoms with van der Waals surface area (Å²) in [5.74, 6) is 0.271. The fraction of sp³-hybridized carbons (Fsp3) is 1.00. The number of rotatable bonds is 7. The van der Waals surface area contributed by atoms with E-state index in [4.69, 9.17) is 9.47 Å². The van der Waals surface area contributed by atoms with Crippen LogP contribution in [0.1, 0.15) is 20.3 Å². The predicted molar refractivity (Wildman–Crippen MR) is 48.2 cm³/mol. The number of aliphatic hydroxyl groups is 1. The van der Waals surface area contributed by atoms with Crippen molar-refractivity contribution in [3.05, 3.63) is 0 Å². The van der Waals surface area contributed by atoms with Gasteiger partial charge in [-0.2, -0.15) is 0 Å². The number of hydrogen-bond acceptors (Lipinski definition) is 3. The largest absolute Gasteiger partial charge is 0.390 e. The highest BCUT2D eigenvalue weighted by Crippen LogP contribution is 2.01. The molecule has 0 aliphatic carbocycles. The highest BCUT2D eigenvalue weighted by Gasteiger charge is 2.07. The first-order valence-corrected chi connectivity index (χ1v) is 4.43. The number of methoxy groups -OCH3 is 1. The Bertz CT molecular complexity index is 93.8. The highest BCUT2D eigenvalue weighted by molar-refractivity contribution is 4.57. The Morgan fingerprint density at radius 1 is 1.25 bits per heavy atom. The fourth-order valence-corrected chi connectivity index (χ4v) is 0.702. The number of aliphatic hydroxyl groups excluding tert-OH is 1. The van der Waals surface area contributed by atoms with Gasteiger partial charge in [0.05, 0.1) is 12.7 Å². The van der Waals surface area contributed by atoms with E-state index in [9.17, 15) is 5.11 Å². The van der Waals surface area contributed by atoms with Crippen molar-refractivity contribution in [2.24, 2.45) is 5.92 Å². The number of hydrogen-bond donors (Lipinski definition) is 1. The fourth-order valence-electron chi connectivity index (χ4n) is 0.702. The quantitative estimate of drug-likeness (QED) is 0.589. The van der Waals surface area contributed by atoms with Crippen LogP contribution >= 0.6 is 0 Å². The first-order valence-electron chi connectivity index (χ1n) is 4.43. The average molecular weight is 176 g/mol. The Kier molecular flexibility index (Phi) is 7.45. The summed E-state index contributed by atoms with van der Waals surface area (Å²) in [6, 6.07) is 0. The lowest BCUT2D eigenvalue weighted by Gasteiger charge is -2.14. The van der Waals surface area contributed by atoms with Crippen LogP contribution in [0.5, 0.6) is 0 Å². The van der Waals surface area contributed by atoms with E-state index in [-0.39, 0.29) is 12.0 Å². The Morgan fingerprint density at radius 3 is 2.42 bits per heavy atom. The Balaban J connectivity index is 3.08. The second-order valence-corrected chi connectivity index (χ2v) is 3.23. The van der Waals surface area contributed by atoms with Crippen molar-refractivity contribution < 1.29 is 14.6 Å². The van der Waals surface area contributed by atoms with Gasteiger partial charge in [0.25, 0.3) is 0 Å². The molecule has 0 aromatic heterocycles. The molecule has 0 amide bonds. The standard InChI is InChI=1S/C9H20O3/c1-8(2)9(10)7-12-6-4-5-11-3/h8-10H,4-7H2,1-3H3. The topological polar surface area (TPSA) is 38.7 Å². The van der Waals surface area contributed by atoms with Gasteiger partial charge in [0, 0.05) is 20.3 Å². The lowest BCUT2D eigenvalue weighted by molar-refractivity contribution is 0.00747. The van der Waals surface area contributed by atoms with Gasteiger partial charge in [-0.1, -0.05) is 13.8 Å². The predicted octanol–water partition coefficient (Wildman–Crippen LogP) is 1.06. The van der Waals surface area contributed by atoms with Gasteiger partial charge in [-0.3, -0.25) is 0 Å². The molecular weight excluding hydrogens is 156 g/mol. The third-order valence-electron chi connectivity index (χ3n) is 1.70. The third-order valence-corrected chi connectivity index (χ3v) is 1.70. The summed E-state index contributed by atoms with van der Waals surface area (Å²) in [6.45, 7) is 5.77. The van der Waals surface area contributed by atoms with Crippen LogP contribution < -0.4 is 0 Å². The van der Waals surface area contributed by atoms with Crippen molar-refractivity contribution in [1.29, 1.82) is 0 Å². The molecule has 0 aliphatic rings. The molecule has 0 spiro atoms. The van der Waals surface area contributed by atoms with Gasteiger partial charge in [-0.05, 0) is 12.3 Å². The Hall–Kier alpha value is -0.120. The molecule has 1 unspecified atom stereocenters. The van der Waals surface area contributed by atoms with E-state index in [1.54, 1.807) is 7.11 Å². The molecule has 0 saturated heterocycles. The van der Waals surface area contributed by atoms with Crippen molar-refractivity contribution in [2.75, 3.05) is 26.9 Å². The van der Waals surface area contributed by atoms with Crippen LogP contribution in [-0.2, 0) is 9.47 Å². The molecule has 0 aromatic rings. The first-order chi connectivity index (χ1) is 5.68. The summed E-state index contributed by atoms with van der Waals surface area (Å²) in [6.07, 6.45) is 0.550. The van der Waals surface area contributed by atoms with E-state index < -0.39 is 0 Å². The molecule has 0 aliphatic heterocycles. The van der Waals surface area contributed by atoms with Crippen LogP contribution in [0.4, 0.5) is 0 Å². The van der Waals surface area contributed by atoms with E-state index in [0.717, 1.165) is 13.0 Å². The monoisotopic (exact) mass is 176 g/mol. The minimum Gasteiger partial charge on any atom is -0.390 e. The molecule has 74 valence electrons. The summed E-state index contributed by atoms with van der Waals surface area (Å²) in [5.41, 5.74) is 0. The van der Waals surface area contributed by atoms with E-state index in [1.165, 1.54) is 0 Å². The van der Waals surface area contributed by atoms with Crippen LogP contribution in [0.25, 0.3) is 0 Å². The maximum atomic E-state index is 9.33. The average Bonchev–Trinajstić information content (AvgIpc) is 2.03. The molecule has 0 bridgehead atoms. The maximum Gasteiger partial charge on any atom is 0.0796 e. The van der Waals surface area contributed by atoms with Gasteiger partial charge in [0.2, 0.25) is 0 Å². The molecular formula is C9H20O3. The molecule has 1 N–H and O–H groups in total. The highest BCUT2D eigenvalue weighted by atomic mass is 16.5. The molecule has 12 heavy (non-hydrogen) atoms. The van der Waals surface area contributed by atoms with Crippen LogP contribution in [0.3, 0.4) is 0 Å². The zero-order valence-electron chi connectivity index (χ0n) is 8.25.